The second-order valence-electron chi connectivity index (χ2n) is 13.7. The molecule has 4 rings (SSSR count). The minimum absolute atomic E-state index is 0.00116. The molecule has 5 amide bonds. The number of carbonyl (C=O) groups is 5. The molecule has 50 heavy (non-hydrogen) atoms. The van der Waals surface area contributed by atoms with Crippen LogP contribution in [0.3, 0.4) is 0 Å². The summed E-state index contributed by atoms with van der Waals surface area (Å²) in [6.07, 6.45) is 2.38. The van der Waals surface area contributed by atoms with Gasteiger partial charge >= 0.3 is 0 Å². The minimum Gasteiger partial charge on any atom is -0.497 e. The maximum atomic E-state index is 14.0. The summed E-state index contributed by atoms with van der Waals surface area (Å²) in [7, 11) is 1.56. The average Bonchev–Trinajstić information content (AvgIpc) is 3.48. The van der Waals surface area contributed by atoms with Crippen LogP contribution in [0.25, 0.3) is 10.9 Å². The number of ether oxygens (including phenoxy) is 1. The first-order valence-corrected chi connectivity index (χ1v) is 17.2. The first kappa shape index (κ1) is 37.9. The van der Waals surface area contributed by atoms with Gasteiger partial charge in [-0.15, -0.1) is 0 Å². The fourth-order valence-electron chi connectivity index (χ4n) is 5.91. The van der Waals surface area contributed by atoms with E-state index in [0.717, 1.165) is 22.0 Å². The van der Waals surface area contributed by atoms with Crippen molar-refractivity contribution in [3.8, 4) is 5.75 Å². The van der Waals surface area contributed by atoms with E-state index in [1.807, 2.05) is 58.2 Å². The first-order chi connectivity index (χ1) is 23.8. The van der Waals surface area contributed by atoms with Crippen LogP contribution in [-0.4, -0.2) is 84.9 Å². The number of hydrogen-bond acceptors (Lipinski definition) is 7. The average molecular weight is 690 g/mol. The number of fused-ring (bicyclic) bond motifs is 1. The van der Waals surface area contributed by atoms with Crippen molar-refractivity contribution >= 4 is 40.4 Å². The Morgan fingerprint density at radius 1 is 0.740 bits per heavy atom. The summed E-state index contributed by atoms with van der Waals surface area (Å²) in [6, 6.07) is 10.4. The molecule has 0 spiro atoms. The lowest BCUT2D eigenvalue weighted by atomic mass is 9.99. The van der Waals surface area contributed by atoms with Gasteiger partial charge in [-0.05, 0) is 54.5 Å². The Morgan fingerprint density at radius 3 is 2.06 bits per heavy atom. The third-order valence-corrected chi connectivity index (χ3v) is 8.86. The molecule has 5 atom stereocenters. The summed E-state index contributed by atoms with van der Waals surface area (Å²) >= 11 is 0. The highest BCUT2D eigenvalue weighted by Gasteiger charge is 2.32. The molecule has 1 saturated heterocycles. The topological polar surface area (TPSA) is 183 Å². The van der Waals surface area contributed by atoms with Gasteiger partial charge in [-0.1, -0.05) is 58.0 Å². The van der Waals surface area contributed by atoms with Crippen LogP contribution in [0.5, 0.6) is 5.75 Å². The van der Waals surface area contributed by atoms with Crippen LogP contribution in [0.4, 0.5) is 0 Å². The van der Waals surface area contributed by atoms with E-state index in [1.54, 1.807) is 38.3 Å². The number of carbonyl (C=O) groups excluding carboxylic acids is 5. The number of methoxy groups -OCH3 is 1. The molecule has 0 radical (unpaired) electrons. The lowest BCUT2D eigenvalue weighted by Crippen LogP contribution is -2.60. The van der Waals surface area contributed by atoms with E-state index < -0.39 is 53.7 Å². The minimum atomic E-state index is -1.07. The number of aromatic amines is 1. The predicted molar refractivity (Wildman–Crippen MR) is 191 cm³/mol. The van der Waals surface area contributed by atoms with E-state index in [4.69, 9.17) is 4.74 Å². The highest BCUT2D eigenvalue weighted by Crippen LogP contribution is 2.20. The van der Waals surface area contributed by atoms with Crippen molar-refractivity contribution in [3.63, 3.8) is 0 Å². The predicted octanol–water partition coefficient (Wildman–Crippen LogP) is 1.71. The fraction of sp³-hybridized carbons (Fsp3) is 0.486. The molecular formula is C37H51N7O6. The van der Waals surface area contributed by atoms with E-state index in [-0.39, 0.29) is 50.2 Å². The molecule has 0 saturated carbocycles. The largest absolute Gasteiger partial charge is 0.497 e. The zero-order valence-corrected chi connectivity index (χ0v) is 29.7. The zero-order chi connectivity index (χ0) is 36.4. The third-order valence-electron chi connectivity index (χ3n) is 8.86. The molecule has 1 aliphatic heterocycles. The van der Waals surface area contributed by atoms with Crippen LogP contribution in [0, 0.1) is 11.8 Å². The highest BCUT2D eigenvalue weighted by atomic mass is 16.5. The molecule has 1 aromatic heterocycles. The monoisotopic (exact) mass is 689 g/mol. The smallest absolute Gasteiger partial charge is 0.243 e. The Hall–Kier alpha value is -4.91. The summed E-state index contributed by atoms with van der Waals surface area (Å²) in [5.41, 5.74) is 2.47. The molecule has 7 N–H and O–H groups in total. The van der Waals surface area contributed by atoms with Crippen LogP contribution in [0.2, 0.25) is 0 Å². The van der Waals surface area contributed by atoms with Gasteiger partial charge in [0.15, 0.2) is 0 Å². The van der Waals surface area contributed by atoms with Gasteiger partial charge in [0.2, 0.25) is 29.5 Å². The number of nitrogens with one attached hydrogen (secondary N) is 7. The SMILES string of the molecule is COc1ccc(C[C@@H]2NC(=O)[C@H](CC(C)C)NC(=O)[C@@H](Cc3c[nH]c4ccccc34)NC(=O)CNC[C@H](C(C)C)NC(=O)[C@@H](C)NC2=O)cc1. The van der Waals surface area contributed by atoms with E-state index in [0.29, 0.717) is 5.75 Å². The van der Waals surface area contributed by atoms with E-state index in [2.05, 4.69) is 36.9 Å². The Bertz CT molecular complexity index is 1640. The van der Waals surface area contributed by atoms with Gasteiger partial charge in [0, 0.05) is 42.5 Å². The molecule has 270 valence electrons. The number of para-hydroxylation sites is 1. The Kier molecular flexibility index (Phi) is 13.4. The summed E-state index contributed by atoms with van der Waals surface area (Å²) in [5, 5.41) is 18.3. The Balaban J connectivity index is 1.67. The number of rotatable bonds is 8. The number of aromatic nitrogens is 1. The van der Waals surface area contributed by atoms with Gasteiger partial charge < -0.3 is 41.6 Å². The normalized spacial score (nSPS) is 23.4. The van der Waals surface area contributed by atoms with E-state index >= 15 is 0 Å². The van der Waals surface area contributed by atoms with Gasteiger partial charge in [-0.2, -0.15) is 0 Å². The van der Waals surface area contributed by atoms with Gasteiger partial charge in [-0.25, -0.2) is 0 Å². The van der Waals surface area contributed by atoms with Gasteiger partial charge in [-0.3, -0.25) is 24.0 Å². The van der Waals surface area contributed by atoms with Crippen LogP contribution in [0.1, 0.15) is 52.2 Å². The van der Waals surface area contributed by atoms with Crippen molar-refractivity contribution in [2.24, 2.45) is 11.8 Å². The van der Waals surface area contributed by atoms with E-state index in [9.17, 15) is 24.0 Å². The lowest BCUT2D eigenvalue weighted by molar-refractivity contribution is -0.134. The van der Waals surface area contributed by atoms with Crippen LogP contribution < -0.4 is 36.6 Å². The summed E-state index contributed by atoms with van der Waals surface area (Å²) in [5.74, 6) is -1.80. The Morgan fingerprint density at radius 2 is 1.38 bits per heavy atom. The second-order valence-corrected chi connectivity index (χ2v) is 13.7. The summed E-state index contributed by atoms with van der Waals surface area (Å²) < 4.78 is 5.26. The first-order valence-electron chi connectivity index (χ1n) is 17.2. The standard InChI is InChI=1S/C37H51N7O6/c1-21(2)15-29-36(48)43-30(16-24-11-13-26(50-6)14-12-24)35(47)40-23(5)34(46)44-32(22(3)4)19-38-20-33(45)41-31(37(49)42-29)17-25-18-39-28-10-8-7-9-27(25)28/h7-14,18,21-23,29-32,38-39H,15-17,19-20H2,1-6H3,(H,40,47)(H,41,45)(H,42,49)(H,43,48)(H,44,46)/t23-,29+,30+,31-,32-/m1/s1. The summed E-state index contributed by atoms with van der Waals surface area (Å²) in [4.78, 5) is 71.4. The van der Waals surface area contributed by atoms with Crippen LogP contribution >= 0.6 is 0 Å². The van der Waals surface area contributed by atoms with Crippen molar-refractivity contribution in [1.29, 1.82) is 0 Å². The van der Waals surface area contributed by atoms with Crippen molar-refractivity contribution in [2.75, 3.05) is 20.2 Å². The van der Waals surface area contributed by atoms with Crippen molar-refractivity contribution in [2.45, 2.75) is 84.1 Å². The molecule has 1 aliphatic rings. The molecular weight excluding hydrogens is 638 g/mol. The van der Waals surface area contributed by atoms with Crippen molar-refractivity contribution in [1.82, 2.24) is 36.9 Å². The molecule has 13 nitrogen and oxygen atoms in total. The molecule has 0 bridgehead atoms. The second kappa shape index (κ2) is 17.7. The van der Waals surface area contributed by atoms with Crippen molar-refractivity contribution < 1.29 is 28.7 Å². The zero-order valence-electron chi connectivity index (χ0n) is 29.7. The van der Waals surface area contributed by atoms with Crippen LogP contribution in [-0.2, 0) is 36.8 Å². The van der Waals surface area contributed by atoms with Crippen molar-refractivity contribution in [3.05, 3.63) is 65.9 Å². The maximum absolute atomic E-state index is 14.0. The highest BCUT2D eigenvalue weighted by molar-refractivity contribution is 5.96. The third kappa shape index (κ3) is 10.5. The molecule has 13 heteroatoms. The van der Waals surface area contributed by atoms with E-state index in [1.165, 1.54) is 0 Å². The number of benzene rings is 2. The fourth-order valence-corrected chi connectivity index (χ4v) is 5.91. The molecule has 2 heterocycles. The van der Waals surface area contributed by atoms with Crippen LogP contribution in [0.15, 0.2) is 54.7 Å². The quantitative estimate of drug-likeness (QED) is 0.188. The van der Waals surface area contributed by atoms with Gasteiger partial charge in [0.1, 0.15) is 29.9 Å². The molecule has 0 unspecified atom stereocenters. The summed E-state index contributed by atoms with van der Waals surface area (Å²) in [6.45, 7) is 9.48. The Labute approximate surface area is 293 Å². The number of hydrogen-bond donors (Lipinski definition) is 7. The maximum Gasteiger partial charge on any atom is 0.243 e. The molecule has 0 aliphatic carbocycles. The number of H-pyrrole nitrogens is 1. The molecule has 1 fully saturated rings. The van der Waals surface area contributed by atoms with Gasteiger partial charge in [0.25, 0.3) is 0 Å². The molecule has 2 aromatic carbocycles. The number of amides is 5. The lowest BCUT2D eigenvalue weighted by Gasteiger charge is -2.28. The van der Waals surface area contributed by atoms with Gasteiger partial charge in [0.05, 0.1) is 13.7 Å². The molecule has 3 aromatic rings.